The van der Waals surface area contributed by atoms with Crippen LogP contribution in [0.15, 0.2) is 16.7 Å². The Hall–Kier alpha value is -2.42. The van der Waals surface area contributed by atoms with E-state index < -0.39 is 6.09 Å². The van der Waals surface area contributed by atoms with Crippen molar-refractivity contribution < 1.29 is 9.90 Å². The first-order chi connectivity index (χ1) is 10.1. The van der Waals surface area contributed by atoms with Crippen LogP contribution in [0.5, 0.6) is 0 Å². The first-order valence-corrected chi connectivity index (χ1v) is 6.98. The van der Waals surface area contributed by atoms with Gasteiger partial charge in [-0.25, -0.2) is 14.8 Å². The van der Waals surface area contributed by atoms with Crippen LogP contribution in [0.4, 0.5) is 4.79 Å². The number of aromatic amines is 2. The first-order valence-electron chi connectivity index (χ1n) is 6.18. The molecule has 0 saturated heterocycles. The van der Waals surface area contributed by atoms with Gasteiger partial charge in [0.05, 0.1) is 24.5 Å². The van der Waals surface area contributed by atoms with Gasteiger partial charge in [-0.3, -0.25) is 10.00 Å². The van der Waals surface area contributed by atoms with E-state index in [9.17, 15) is 4.79 Å². The molecule has 1 aliphatic heterocycles. The Morgan fingerprint density at radius 2 is 2.19 bits per heavy atom. The zero-order valence-corrected chi connectivity index (χ0v) is 12.2. The number of carbonyl (C=O) groups is 1. The zero-order chi connectivity index (χ0) is 14.6. The van der Waals surface area contributed by atoms with Crippen molar-refractivity contribution in [2.45, 2.75) is 13.1 Å². The maximum atomic E-state index is 10.9. The number of hydrogen-bond acceptors (Lipinski definition) is 4. The third-order valence-corrected chi connectivity index (χ3v) is 3.89. The predicted octanol–water partition coefficient (Wildman–Crippen LogP) is 2.10. The second-order valence-corrected chi connectivity index (χ2v) is 5.57. The van der Waals surface area contributed by atoms with Gasteiger partial charge < -0.3 is 10.1 Å². The second kappa shape index (κ2) is 4.29. The van der Waals surface area contributed by atoms with E-state index in [1.807, 2.05) is 12.1 Å². The average molecular weight is 349 g/mol. The number of nitrogens with zero attached hydrogens (tertiary/aromatic N) is 4. The molecule has 0 unspecified atom stereocenters. The van der Waals surface area contributed by atoms with Crippen LogP contribution in [0.2, 0.25) is 0 Å². The lowest BCUT2D eigenvalue weighted by atomic mass is 10.2. The van der Waals surface area contributed by atoms with Crippen molar-refractivity contribution in [1.82, 2.24) is 30.0 Å². The van der Waals surface area contributed by atoms with E-state index in [4.69, 9.17) is 5.11 Å². The molecule has 0 aliphatic carbocycles. The number of halogens is 1. The van der Waals surface area contributed by atoms with Crippen molar-refractivity contribution in [2.24, 2.45) is 0 Å². The van der Waals surface area contributed by atoms with Crippen LogP contribution in [-0.2, 0) is 13.1 Å². The highest BCUT2D eigenvalue weighted by atomic mass is 79.9. The summed E-state index contributed by atoms with van der Waals surface area (Å²) in [4.78, 5) is 24.1. The molecule has 3 aromatic heterocycles. The molecule has 0 fully saturated rings. The molecule has 8 nitrogen and oxygen atoms in total. The number of rotatable bonds is 1. The largest absolute Gasteiger partial charge is 0.465 e. The van der Waals surface area contributed by atoms with Crippen LogP contribution < -0.4 is 0 Å². The number of H-pyrrole nitrogens is 2. The van der Waals surface area contributed by atoms with Gasteiger partial charge >= 0.3 is 6.09 Å². The quantitative estimate of drug-likeness (QED) is 0.583. The summed E-state index contributed by atoms with van der Waals surface area (Å²) in [7, 11) is 0. The molecule has 3 aromatic rings. The lowest BCUT2D eigenvalue weighted by Gasteiger charge is -2.09. The SMILES string of the molecule is O=C(O)N1Cc2nc(-c3[nH]nc4nc(Br)ccc34)[nH]c2C1. The van der Waals surface area contributed by atoms with Crippen molar-refractivity contribution in [3.63, 3.8) is 0 Å². The van der Waals surface area contributed by atoms with E-state index in [2.05, 4.69) is 41.1 Å². The summed E-state index contributed by atoms with van der Waals surface area (Å²) in [5, 5.41) is 16.9. The van der Waals surface area contributed by atoms with Crippen molar-refractivity contribution in [2.75, 3.05) is 0 Å². The Balaban J connectivity index is 1.75. The Morgan fingerprint density at radius 3 is 2.95 bits per heavy atom. The lowest BCUT2D eigenvalue weighted by Crippen LogP contribution is -2.23. The fraction of sp³-hybridized carbons (Fsp3) is 0.167. The highest BCUT2D eigenvalue weighted by molar-refractivity contribution is 9.10. The van der Waals surface area contributed by atoms with Gasteiger partial charge in [-0.2, -0.15) is 5.10 Å². The van der Waals surface area contributed by atoms with Crippen LogP contribution in [0.1, 0.15) is 11.4 Å². The van der Waals surface area contributed by atoms with Gasteiger partial charge in [0.25, 0.3) is 0 Å². The number of hydrogen-bond donors (Lipinski definition) is 3. The number of fused-ring (bicyclic) bond motifs is 2. The lowest BCUT2D eigenvalue weighted by molar-refractivity contribution is 0.144. The molecule has 9 heteroatoms. The summed E-state index contributed by atoms with van der Waals surface area (Å²) in [6, 6.07) is 3.74. The number of aromatic nitrogens is 5. The standard InChI is InChI=1S/C12H9BrN6O2/c13-8-2-1-5-9(17-18-10(5)16-8)11-14-6-3-19(12(20)21)4-7(6)15-11/h1-2H,3-4H2,(H,14,15)(H,20,21)(H,16,17,18). The normalized spacial score (nSPS) is 13.9. The predicted molar refractivity (Wildman–Crippen MR) is 76.4 cm³/mol. The van der Waals surface area contributed by atoms with Crippen LogP contribution in [0, 0.1) is 0 Å². The molecule has 3 N–H and O–H groups in total. The van der Waals surface area contributed by atoms with Crippen LogP contribution in [-0.4, -0.2) is 41.2 Å². The van der Waals surface area contributed by atoms with Crippen molar-refractivity contribution in [1.29, 1.82) is 0 Å². The second-order valence-electron chi connectivity index (χ2n) is 4.75. The number of amides is 1. The molecule has 1 aliphatic rings. The molecule has 1 amide bonds. The molecule has 21 heavy (non-hydrogen) atoms. The van der Waals surface area contributed by atoms with Gasteiger partial charge in [-0.05, 0) is 28.1 Å². The molecule has 0 bridgehead atoms. The fourth-order valence-corrected chi connectivity index (χ4v) is 2.74. The molecular weight excluding hydrogens is 340 g/mol. The summed E-state index contributed by atoms with van der Waals surface area (Å²) in [5.41, 5.74) is 2.92. The van der Waals surface area contributed by atoms with Gasteiger partial charge in [0.1, 0.15) is 10.3 Å². The highest BCUT2D eigenvalue weighted by Gasteiger charge is 2.27. The summed E-state index contributed by atoms with van der Waals surface area (Å²) < 4.78 is 0.715. The Bertz CT molecular complexity index is 846. The Labute approximate surface area is 126 Å². The minimum Gasteiger partial charge on any atom is -0.465 e. The minimum absolute atomic E-state index is 0.303. The van der Waals surface area contributed by atoms with Gasteiger partial charge in [0.2, 0.25) is 0 Å². The van der Waals surface area contributed by atoms with Crippen LogP contribution in [0.3, 0.4) is 0 Å². The highest BCUT2D eigenvalue weighted by Crippen LogP contribution is 2.28. The van der Waals surface area contributed by atoms with E-state index in [1.165, 1.54) is 4.90 Å². The summed E-state index contributed by atoms with van der Waals surface area (Å²) in [6.45, 7) is 0.630. The number of carboxylic acid groups (broad SMARTS) is 1. The minimum atomic E-state index is -0.941. The van der Waals surface area contributed by atoms with Crippen molar-refractivity contribution >= 4 is 33.1 Å². The first kappa shape index (κ1) is 12.3. The third-order valence-electron chi connectivity index (χ3n) is 3.45. The Morgan fingerprint density at radius 1 is 1.33 bits per heavy atom. The number of pyridine rings is 1. The summed E-state index contributed by atoms with van der Waals surface area (Å²) in [6.07, 6.45) is -0.941. The van der Waals surface area contributed by atoms with Gasteiger partial charge in [0, 0.05) is 5.39 Å². The van der Waals surface area contributed by atoms with E-state index in [-0.39, 0.29) is 0 Å². The molecule has 4 rings (SSSR count). The molecule has 106 valence electrons. The maximum Gasteiger partial charge on any atom is 0.408 e. The Kier molecular flexibility index (Phi) is 2.52. The zero-order valence-electron chi connectivity index (χ0n) is 10.6. The van der Waals surface area contributed by atoms with E-state index in [0.717, 1.165) is 22.5 Å². The molecule has 4 heterocycles. The number of nitrogens with one attached hydrogen (secondary N) is 2. The van der Waals surface area contributed by atoms with Gasteiger partial charge in [-0.1, -0.05) is 0 Å². The molecular formula is C12H9BrN6O2. The van der Waals surface area contributed by atoms with E-state index in [1.54, 1.807) is 0 Å². The smallest absolute Gasteiger partial charge is 0.408 e. The average Bonchev–Trinajstić information content (AvgIpc) is 3.07. The van der Waals surface area contributed by atoms with E-state index in [0.29, 0.717) is 29.2 Å². The molecule has 0 aromatic carbocycles. The summed E-state index contributed by atoms with van der Waals surface area (Å²) in [5.74, 6) is 0.650. The molecule has 0 saturated carbocycles. The van der Waals surface area contributed by atoms with Gasteiger partial charge in [0.15, 0.2) is 11.5 Å². The molecule has 0 spiro atoms. The molecule has 0 atom stereocenters. The van der Waals surface area contributed by atoms with Crippen LogP contribution >= 0.6 is 15.9 Å². The monoisotopic (exact) mass is 348 g/mol. The van der Waals surface area contributed by atoms with Crippen molar-refractivity contribution in [3.05, 3.63) is 28.1 Å². The molecule has 0 radical (unpaired) electrons. The maximum absolute atomic E-state index is 10.9. The topological polar surface area (TPSA) is 111 Å². The number of imidazole rings is 1. The van der Waals surface area contributed by atoms with E-state index >= 15 is 0 Å². The summed E-state index contributed by atoms with van der Waals surface area (Å²) >= 11 is 3.30. The fourth-order valence-electron chi connectivity index (χ4n) is 2.44. The van der Waals surface area contributed by atoms with Gasteiger partial charge in [-0.15, -0.1) is 0 Å². The van der Waals surface area contributed by atoms with Crippen molar-refractivity contribution in [3.8, 4) is 11.5 Å². The van der Waals surface area contributed by atoms with Crippen LogP contribution in [0.25, 0.3) is 22.6 Å². The third kappa shape index (κ3) is 1.88.